The summed E-state index contributed by atoms with van der Waals surface area (Å²) in [4.78, 5) is 14.1. The van der Waals surface area contributed by atoms with Gasteiger partial charge in [-0.2, -0.15) is 5.26 Å². The van der Waals surface area contributed by atoms with Crippen LogP contribution in [-0.4, -0.2) is 20.4 Å². The summed E-state index contributed by atoms with van der Waals surface area (Å²) in [5.74, 6) is -0.0780. The van der Waals surface area contributed by atoms with E-state index in [0.29, 0.717) is 11.3 Å². The van der Waals surface area contributed by atoms with E-state index in [1.807, 2.05) is 36.9 Å². The molecule has 0 aliphatic heterocycles. The van der Waals surface area contributed by atoms with Crippen LogP contribution in [0.1, 0.15) is 23.6 Å². The highest BCUT2D eigenvalue weighted by Gasteiger charge is 2.20. The van der Waals surface area contributed by atoms with Crippen LogP contribution < -0.4 is 15.0 Å². The molecule has 2 rings (SSSR count). The third kappa shape index (κ3) is 4.59. The van der Waals surface area contributed by atoms with Gasteiger partial charge in [0.2, 0.25) is 0 Å². The van der Waals surface area contributed by atoms with Crippen molar-refractivity contribution < 1.29 is 17.9 Å². The number of hydrogen-bond donors (Lipinski definition) is 2. The van der Waals surface area contributed by atoms with Gasteiger partial charge >= 0.3 is 0 Å². The number of carbonyl (C=O) groups is 1. The van der Waals surface area contributed by atoms with Gasteiger partial charge in [-0.3, -0.25) is 10.2 Å². The minimum Gasteiger partial charge on any atom is -0.481 e. The molecule has 0 heterocycles. The van der Waals surface area contributed by atoms with Gasteiger partial charge in [0.1, 0.15) is 5.75 Å². The minimum atomic E-state index is -3.95. The molecule has 2 aromatic carbocycles. The molecule has 1 amide bonds. The quantitative estimate of drug-likeness (QED) is 0.753. The Morgan fingerprint density at radius 2 is 1.81 bits per heavy atom. The van der Waals surface area contributed by atoms with Crippen molar-refractivity contribution in [2.24, 2.45) is 0 Å². The van der Waals surface area contributed by atoms with Gasteiger partial charge in [0.15, 0.2) is 6.10 Å². The molecular weight excluding hydrogens is 354 g/mol. The van der Waals surface area contributed by atoms with Gasteiger partial charge in [-0.15, -0.1) is 4.83 Å². The molecule has 8 heteroatoms. The normalized spacial score (nSPS) is 12.1. The summed E-state index contributed by atoms with van der Waals surface area (Å²) in [5, 5.41) is 8.74. The molecule has 1 atom stereocenters. The SMILES string of the molecule is Cc1cccc(O[C@@H](C)C(=O)NNS(=O)(=O)c2ccc(C#N)cc2)c1C. The Labute approximate surface area is 152 Å². The fourth-order valence-electron chi connectivity index (χ4n) is 2.08. The molecule has 0 spiro atoms. The van der Waals surface area contributed by atoms with E-state index in [1.165, 1.54) is 31.2 Å². The first-order valence-corrected chi connectivity index (χ1v) is 9.27. The van der Waals surface area contributed by atoms with E-state index in [2.05, 4.69) is 5.43 Å². The molecule has 0 radical (unpaired) electrons. The molecule has 2 N–H and O–H groups in total. The van der Waals surface area contributed by atoms with Crippen LogP contribution in [0.4, 0.5) is 0 Å². The van der Waals surface area contributed by atoms with Crippen molar-refractivity contribution in [2.45, 2.75) is 31.8 Å². The van der Waals surface area contributed by atoms with E-state index in [0.717, 1.165) is 11.1 Å². The lowest BCUT2D eigenvalue weighted by Gasteiger charge is -2.17. The Morgan fingerprint density at radius 3 is 2.42 bits per heavy atom. The second-order valence-electron chi connectivity index (χ2n) is 5.69. The number of hydrazine groups is 1. The molecule has 26 heavy (non-hydrogen) atoms. The Kier molecular flexibility index (Phi) is 5.97. The largest absolute Gasteiger partial charge is 0.481 e. The number of sulfonamides is 1. The Bertz CT molecular complexity index is 947. The van der Waals surface area contributed by atoms with E-state index in [1.54, 1.807) is 6.07 Å². The molecule has 0 saturated heterocycles. The lowest BCUT2D eigenvalue weighted by Crippen LogP contribution is -2.47. The van der Waals surface area contributed by atoms with Crippen molar-refractivity contribution in [3.63, 3.8) is 0 Å². The molecule has 0 saturated carbocycles. The predicted molar refractivity (Wildman–Crippen MR) is 95.6 cm³/mol. The molecule has 0 unspecified atom stereocenters. The van der Waals surface area contributed by atoms with Crippen LogP contribution in [0.15, 0.2) is 47.4 Å². The smallest absolute Gasteiger partial charge is 0.275 e. The zero-order chi connectivity index (χ0) is 19.3. The monoisotopic (exact) mass is 373 g/mol. The molecule has 0 aliphatic carbocycles. The van der Waals surface area contributed by atoms with E-state index in [-0.39, 0.29) is 4.90 Å². The molecule has 2 aromatic rings. The number of nitriles is 1. The number of rotatable bonds is 6. The second-order valence-corrected chi connectivity index (χ2v) is 7.37. The van der Waals surface area contributed by atoms with Gasteiger partial charge in [0.05, 0.1) is 16.5 Å². The van der Waals surface area contributed by atoms with Crippen LogP contribution in [0.2, 0.25) is 0 Å². The zero-order valence-electron chi connectivity index (χ0n) is 14.6. The summed E-state index contributed by atoms with van der Waals surface area (Å²) in [6, 6.07) is 12.7. The average Bonchev–Trinajstić information content (AvgIpc) is 2.63. The van der Waals surface area contributed by atoms with E-state index >= 15 is 0 Å². The third-order valence-corrected chi connectivity index (χ3v) is 5.09. The van der Waals surface area contributed by atoms with Crippen molar-refractivity contribution >= 4 is 15.9 Å². The first-order chi connectivity index (χ1) is 12.2. The molecule has 0 fully saturated rings. The number of amides is 1. The fourth-order valence-corrected chi connectivity index (χ4v) is 2.93. The van der Waals surface area contributed by atoms with Crippen molar-refractivity contribution in [1.82, 2.24) is 10.3 Å². The maximum Gasteiger partial charge on any atom is 0.275 e. The zero-order valence-corrected chi connectivity index (χ0v) is 15.4. The first kappa shape index (κ1) is 19.4. The van der Waals surface area contributed by atoms with Gasteiger partial charge < -0.3 is 4.74 Å². The number of nitrogens with zero attached hydrogens (tertiary/aromatic N) is 1. The van der Waals surface area contributed by atoms with Gasteiger partial charge in [0, 0.05) is 0 Å². The summed E-state index contributed by atoms with van der Waals surface area (Å²) < 4.78 is 29.9. The Hall–Kier alpha value is -2.89. The van der Waals surface area contributed by atoms with Gasteiger partial charge in [-0.05, 0) is 62.2 Å². The Balaban J connectivity index is 2.00. The summed E-state index contributed by atoms with van der Waals surface area (Å²) in [7, 11) is -3.95. The van der Waals surface area contributed by atoms with Crippen LogP contribution >= 0.6 is 0 Å². The number of carbonyl (C=O) groups excluding carboxylic acids is 1. The topological polar surface area (TPSA) is 108 Å². The van der Waals surface area contributed by atoms with Crippen molar-refractivity contribution in [3.8, 4) is 11.8 Å². The van der Waals surface area contributed by atoms with Crippen LogP contribution in [-0.2, 0) is 14.8 Å². The number of aryl methyl sites for hydroxylation is 1. The van der Waals surface area contributed by atoms with Gasteiger partial charge in [0.25, 0.3) is 15.9 Å². The highest BCUT2D eigenvalue weighted by Crippen LogP contribution is 2.21. The summed E-state index contributed by atoms with van der Waals surface area (Å²) in [5.41, 5.74) is 4.41. The highest BCUT2D eigenvalue weighted by molar-refractivity contribution is 7.89. The minimum absolute atomic E-state index is 0.0695. The van der Waals surface area contributed by atoms with E-state index in [9.17, 15) is 13.2 Å². The highest BCUT2D eigenvalue weighted by atomic mass is 32.2. The lowest BCUT2D eigenvalue weighted by molar-refractivity contribution is -0.127. The van der Waals surface area contributed by atoms with Gasteiger partial charge in [-0.25, -0.2) is 8.42 Å². The van der Waals surface area contributed by atoms with Crippen LogP contribution in [0.25, 0.3) is 0 Å². The standard InChI is InChI=1S/C18H19N3O4S/c1-12-5-4-6-17(13(12)2)25-14(3)18(22)20-21-26(23,24)16-9-7-15(11-19)8-10-16/h4-10,14,21H,1-3H3,(H,20,22)/t14-/m0/s1. The summed E-state index contributed by atoms with van der Waals surface area (Å²) in [6.45, 7) is 5.33. The maximum atomic E-state index is 12.2. The molecule has 7 nitrogen and oxygen atoms in total. The van der Waals surface area contributed by atoms with E-state index in [4.69, 9.17) is 10.00 Å². The predicted octanol–water partition coefficient (Wildman–Crippen LogP) is 1.95. The third-order valence-electron chi connectivity index (χ3n) is 3.83. The molecule has 136 valence electrons. The van der Waals surface area contributed by atoms with Crippen LogP contribution in [0.3, 0.4) is 0 Å². The van der Waals surface area contributed by atoms with Gasteiger partial charge in [-0.1, -0.05) is 12.1 Å². The Morgan fingerprint density at radius 1 is 1.15 bits per heavy atom. The van der Waals surface area contributed by atoms with Crippen molar-refractivity contribution in [2.75, 3.05) is 0 Å². The summed E-state index contributed by atoms with van der Waals surface area (Å²) >= 11 is 0. The number of ether oxygens (including phenoxy) is 1. The second kappa shape index (κ2) is 7.99. The van der Waals surface area contributed by atoms with Crippen LogP contribution in [0, 0.1) is 25.2 Å². The lowest BCUT2D eigenvalue weighted by atomic mass is 10.1. The van der Waals surface area contributed by atoms with Crippen molar-refractivity contribution in [1.29, 1.82) is 5.26 Å². The number of nitrogens with one attached hydrogen (secondary N) is 2. The van der Waals surface area contributed by atoms with E-state index < -0.39 is 22.0 Å². The summed E-state index contributed by atoms with van der Waals surface area (Å²) in [6.07, 6.45) is -0.904. The molecule has 0 aromatic heterocycles. The van der Waals surface area contributed by atoms with Crippen molar-refractivity contribution in [3.05, 3.63) is 59.2 Å². The number of hydrogen-bond acceptors (Lipinski definition) is 5. The average molecular weight is 373 g/mol. The molecular formula is C18H19N3O4S. The first-order valence-electron chi connectivity index (χ1n) is 7.79. The molecule has 0 aliphatic rings. The van der Waals surface area contributed by atoms with Crippen LogP contribution in [0.5, 0.6) is 5.75 Å². The molecule has 0 bridgehead atoms. The number of benzene rings is 2. The maximum absolute atomic E-state index is 12.2. The fraction of sp³-hybridized carbons (Fsp3) is 0.222.